The number of hydrogen-bond donors (Lipinski definition) is 0. The molecule has 0 aromatic carbocycles. The summed E-state index contributed by atoms with van der Waals surface area (Å²) in [6, 6.07) is 4.24. The minimum Gasteiger partial charge on any atom is -0.335 e. The van der Waals surface area contributed by atoms with Crippen LogP contribution in [0.5, 0.6) is 0 Å². The molecule has 0 bridgehead atoms. The van der Waals surface area contributed by atoms with Crippen LogP contribution in [-0.2, 0) is 32.0 Å². The minimum atomic E-state index is 0.116. The monoisotopic (exact) mass is 415 g/mol. The lowest BCUT2D eigenvalue weighted by Gasteiger charge is -2.28. The Morgan fingerprint density at radius 2 is 2.03 bits per heavy atom. The summed E-state index contributed by atoms with van der Waals surface area (Å²) >= 11 is 0. The molecule has 0 radical (unpaired) electrons. The van der Waals surface area contributed by atoms with E-state index in [1.807, 2.05) is 42.3 Å². The molecule has 0 N–H and O–H groups in total. The van der Waals surface area contributed by atoms with Crippen molar-refractivity contribution in [2.75, 3.05) is 6.54 Å². The van der Waals surface area contributed by atoms with Gasteiger partial charge in [0, 0.05) is 68.9 Å². The number of carbonyl (C=O) groups is 1. The van der Waals surface area contributed by atoms with Crippen LogP contribution in [0.25, 0.3) is 33.5 Å². The van der Waals surface area contributed by atoms with Crippen molar-refractivity contribution in [3.05, 3.63) is 42.2 Å². The Labute approximate surface area is 180 Å². The van der Waals surface area contributed by atoms with Crippen LogP contribution >= 0.6 is 0 Å². The molecule has 31 heavy (non-hydrogen) atoms. The van der Waals surface area contributed by atoms with E-state index in [9.17, 15) is 4.79 Å². The molecule has 0 atom stereocenters. The molecule has 0 spiro atoms. The third-order valence-corrected chi connectivity index (χ3v) is 6.61. The second kappa shape index (κ2) is 6.54. The molecule has 6 rings (SSSR count). The molecule has 1 aliphatic carbocycles. The average Bonchev–Trinajstić information content (AvgIpc) is 3.27. The Hall–Kier alpha value is -3.42. The van der Waals surface area contributed by atoms with Crippen molar-refractivity contribution in [1.29, 1.82) is 0 Å². The van der Waals surface area contributed by atoms with Crippen molar-refractivity contribution in [2.45, 2.75) is 38.8 Å². The zero-order chi connectivity index (χ0) is 21.3. The number of rotatable bonds is 3. The van der Waals surface area contributed by atoms with Gasteiger partial charge in [-0.1, -0.05) is 0 Å². The number of fused-ring (bicyclic) bond motifs is 2. The zero-order valence-corrected chi connectivity index (χ0v) is 18.0. The SMILES string of the molecule is CC(=O)N1CCn2c(C3CC3)nc(-c3ccnc4c3cc(-c3cnn(C)c3)n4C)c2C1. The third-order valence-electron chi connectivity index (χ3n) is 6.61. The standard InChI is InChI=1S/C23H25N7O/c1-14(31)29-8-9-30-20(13-29)21(26-22(30)15-4-5-15)17-6-7-24-23-18(17)10-19(28(23)3)16-11-25-27(2)12-16/h6-7,10-12,15H,4-5,8-9,13H2,1-3H3. The van der Waals surface area contributed by atoms with Crippen LogP contribution in [0.3, 0.4) is 0 Å². The van der Waals surface area contributed by atoms with Crippen LogP contribution in [0.4, 0.5) is 0 Å². The van der Waals surface area contributed by atoms with Crippen LogP contribution in [0.15, 0.2) is 30.7 Å². The number of pyridine rings is 1. The Morgan fingerprint density at radius 3 is 2.74 bits per heavy atom. The van der Waals surface area contributed by atoms with Gasteiger partial charge in [0.25, 0.3) is 0 Å². The van der Waals surface area contributed by atoms with Crippen LogP contribution in [0, 0.1) is 0 Å². The largest absolute Gasteiger partial charge is 0.335 e. The summed E-state index contributed by atoms with van der Waals surface area (Å²) in [5, 5.41) is 5.40. The van der Waals surface area contributed by atoms with Crippen LogP contribution < -0.4 is 0 Å². The quantitative estimate of drug-likeness (QED) is 0.515. The minimum absolute atomic E-state index is 0.116. The highest BCUT2D eigenvalue weighted by molar-refractivity contribution is 5.96. The van der Waals surface area contributed by atoms with Crippen molar-refractivity contribution in [3.8, 4) is 22.5 Å². The highest BCUT2D eigenvalue weighted by atomic mass is 16.2. The predicted octanol–water partition coefficient (Wildman–Crippen LogP) is 3.08. The molecule has 158 valence electrons. The molecule has 4 aromatic rings. The number of imidazole rings is 1. The molecular formula is C23H25N7O. The zero-order valence-electron chi connectivity index (χ0n) is 18.0. The maximum absolute atomic E-state index is 12.1. The Bertz CT molecular complexity index is 1340. The lowest BCUT2D eigenvalue weighted by atomic mass is 10.1. The summed E-state index contributed by atoms with van der Waals surface area (Å²) in [6.45, 7) is 3.82. The fraction of sp³-hybridized carbons (Fsp3) is 0.391. The van der Waals surface area contributed by atoms with E-state index < -0.39 is 0 Å². The van der Waals surface area contributed by atoms with Gasteiger partial charge >= 0.3 is 0 Å². The van der Waals surface area contributed by atoms with Gasteiger partial charge in [-0.05, 0) is 25.0 Å². The van der Waals surface area contributed by atoms with Crippen LogP contribution in [0.2, 0.25) is 0 Å². The lowest BCUT2D eigenvalue weighted by Crippen LogP contribution is -2.37. The first-order valence-corrected chi connectivity index (χ1v) is 10.8. The van der Waals surface area contributed by atoms with E-state index in [4.69, 9.17) is 4.98 Å². The fourth-order valence-electron chi connectivity index (χ4n) is 4.79. The lowest BCUT2D eigenvalue weighted by molar-refractivity contribution is -0.130. The van der Waals surface area contributed by atoms with Gasteiger partial charge in [0.2, 0.25) is 5.91 Å². The van der Waals surface area contributed by atoms with Gasteiger partial charge < -0.3 is 14.0 Å². The maximum Gasteiger partial charge on any atom is 0.219 e. The molecule has 0 saturated heterocycles. The van der Waals surface area contributed by atoms with E-state index >= 15 is 0 Å². The van der Waals surface area contributed by atoms with Crippen LogP contribution in [-0.4, -0.2) is 46.2 Å². The molecule has 1 fully saturated rings. The fourth-order valence-corrected chi connectivity index (χ4v) is 4.79. The van der Waals surface area contributed by atoms with Gasteiger partial charge in [0.15, 0.2) is 0 Å². The van der Waals surface area contributed by atoms with Crippen LogP contribution in [0.1, 0.15) is 37.2 Å². The number of amides is 1. The first-order chi connectivity index (χ1) is 15.0. The normalized spacial score (nSPS) is 16.2. The molecule has 8 nitrogen and oxygen atoms in total. The Balaban J connectivity index is 1.55. The first-order valence-electron chi connectivity index (χ1n) is 10.8. The molecule has 0 unspecified atom stereocenters. The van der Waals surface area contributed by atoms with Crippen molar-refractivity contribution in [1.82, 2.24) is 33.8 Å². The number of nitrogens with zero attached hydrogens (tertiary/aromatic N) is 7. The second-order valence-electron chi connectivity index (χ2n) is 8.72. The summed E-state index contributed by atoms with van der Waals surface area (Å²) in [6.07, 6.45) is 8.16. The van der Waals surface area contributed by atoms with E-state index in [-0.39, 0.29) is 5.91 Å². The summed E-state index contributed by atoms with van der Waals surface area (Å²) in [7, 11) is 3.96. The van der Waals surface area contributed by atoms with Gasteiger partial charge in [-0.3, -0.25) is 9.48 Å². The molecule has 1 aliphatic heterocycles. The molecule has 4 aromatic heterocycles. The van der Waals surface area contributed by atoms with Crippen molar-refractivity contribution >= 4 is 16.9 Å². The van der Waals surface area contributed by atoms with Gasteiger partial charge in [-0.15, -0.1) is 0 Å². The summed E-state index contributed by atoms with van der Waals surface area (Å²) < 4.78 is 6.29. The van der Waals surface area contributed by atoms with E-state index in [1.165, 1.54) is 18.7 Å². The van der Waals surface area contributed by atoms with E-state index in [1.54, 1.807) is 6.92 Å². The van der Waals surface area contributed by atoms with Gasteiger partial charge in [0.05, 0.1) is 29.8 Å². The van der Waals surface area contributed by atoms with E-state index in [2.05, 4.69) is 31.3 Å². The molecule has 5 heterocycles. The number of aryl methyl sites for hydroxylation is 2. The number of aromatic nitrogens is 6. The third kappa shape index (κ3) is 2.81. The highest BCUT2D eigenvalue weighted by Gasteiger charge is 2.34. The second-order valence-corrected chi connectivity index (χ2v) is 8.72. The molecule has 1 saturated carbocycles. The Morgan fingerprint density at radius 1 is 1.19 bits per heavy atom. The summed E-state index contributed by atoms with van der Waals surface area (Å²) in [5.74, 6) is 1.85. The molecular weight excluding hydrogens is 390 g/mol. The highest BCUT2D eigenvalue weighted by Crippen LogP contribution is 2.43. The first kappa shape index (κ1) is 18.4. The van der Waals surface area contributed by atoms with Crippen molar-refractivity contribution < 1.29 is 4.79 Å². The smallest absolute Gasteiger partial charge is 0.219 e. The van der Waals surface area contributed by atoms with E-state index in [0.717, 1.165) is 52.3 Å². The average molecular weight is 416 g/mol. The molecule has 8 heteroatoms. The maximum atomic E-state index is 12.1. The molecule has 1 amide bonds. The van der Waals surface area contributed by atoms with Gasteiger partial charge in [0.1, 0.15) is 11.5 Å². The summed E-state index contributed by atoms with van der Waals surface area (Å²) in [4.78, 5) is 23.8. The Kier molecular flexibility index (Phi) is 3.87. The van der Waals surface area contributed by atoms with Gasteiger partial charge in [-0.25, -0.2) is 9.97 Å². The van der Waals surface area contributed by atoms with Crippen molar-refractivity contribution in [3.63, 3.8) is 0 Å². The van der Waals surface area contributed by atoms with Gasteiger partial charge in [-0.2, -0.15) is 5.10 Å². The van der Waals surface area contributed by atoms with Crippen molar-refractivity contribution in [2.24, 2.45) is 14.1 Å². The number of carbonyl (C=O) groups excluding carboxylic acids is 1. The topological polar surface area (TPSA) is 73.8 Å². The number of hydrogen-bond acceptors (Lipinski definition) is 4. The predicted molar refractivity (Wildman–Crippen MR) is 117 cm³/mol. The summed E-state index contributed by atoms with van der Waals surface area (Å²) in [5.41, 5.74) is 6.26. The van der Waals surface area contributed by atoms with E-state index in [0.29, 0.717) is 12.5 Å². The molecule has 2 aliphatic rings.